The summed E-state index contributed by atoms with van der Waals surface area (Å²) in [5, 5.41) is 6.81. The van der Waals surface area contributed by atoms with E-state index in [1.165, 1.54) is 18.2 Å². The minimum Gasteiger partial charge on any atom is -0.322 e. The van der Waals surface area contributed by atoms with Gasteiger partial charge in [-0.25, -0.2) is 18.2 Å². The van der Waals surface area contributed by atoms with Crippen molar-refractivity contribution in [3.8, 4) is 0 Å². The van der Waals surface area contributed by atoms with Crippen LogP contribution < -0.4 is 15.0 Å². The second-order valence-electron chi connectivity index (χ2n) is 7.38. The third-order valence-corrected chi connectivity index (χ3v) is 5.87. The minimum absolute atomic E-state index is 0.0338. The zero-order chi connectivity index (χ0) is 24.7. The van der Waals surface area contributed by atoms with E-state index in [1.807, 2.05) is 6.07 Å². The van der Waals surface area contributed by atoms with Gasteiger partial charge in [-0.05, 0) is 55.0 Å². The Labute approximate surface area is 197 Å². The highest BCUT2D eigenvalue weighted by Gasteiger charge is 2.21. The number of hydrazone groups is 1. The van der Waals surface area contributed by atoms with Crippen LogP contribution in [0.5, 0.6) is 0 Å². The predicted molar refractivity (Wildman–Crippen MR) is 130 cm³/mol. The lowest BCUT2D eigenvalue weighted by atomic mass is 10.1. The maximum atomic E-state index is 13.5. The molecule has 0 fully saturated rings. The molecule has 0 atom stereocenters. The Kier molecular flexibility index (Phi) is 7.75. The first-order chi connectivity index (χ1) is 16.1. The van der Waals surface area contributed by atoms with Gasteiger partial charge in [0.15, 0.2) is 0 Å². The van der Waals surface area contributed by atoms with Crippen LogP contribution in [0.15, 0.2) is 84.0 Å². The van der Waals surface area contributed by atoms with Crippen molar-refractivity contribution in [1.82, 2.24) is 5.43 Å². The lowest BCUT2D eigenvalue weighted by Crippen LogP contribution is -2.39. The number of hydrogen-bond donors (Lipinski definition) is 2. The largest absolute Gasteiger partial charge is 0.322 e. The fraction of sp³-hybridized carbons (Fsp3) is 0.125. The Morgan fingerprint density at radius 2 is 1.62 bits per heavy atom. The van der Waals surface area contributed by atoms with E-state index in [0.29, 0.717) is 22.5 Å². The van der Waals surface area contributed by atoms with Crippen LogP contribution in [-0.2, 0) is 14.8 Å². The van der Waals surface area contributed by atoms with E-state index in [2.05, 4.69) is 15.8 Å². The predicted octanol–water partition coefficient (Wildman–Crippen LogP) is 3.38. The standard InChI is InChI=1S/C24H23FN4O4S/c1-17(18-11-13-21(14-12-18)26-24(31)19-7-4-3-5-8-19)27-28-23(30)16-29(34(2,32)33)22-10-6-9-20(25)15-22/h3-15H,16H2,1-2H3,(H,26,31)(H,28,30)/b27-17-. The van der Waals surface area contributed by atoms with Crippen LogP contribution in [0.1, 0.15) is 22.8 Å². The number of carbonyl (C=O) groups excluding carboxylic acids is 2. The van der Waals surface area contributed by atoms with E-state index in [1.54, 1.807) is 55.5 Å². The zero-order valence-corrected chi connectivity index (χ0v) is 19.3. The Balaban J connectivity index is 1.63. The molecule has 3 aromatic rings. The van der Waals surface area contributed by atoms with Crippen LogP contribution in [0.3, 0.4) is 0 Å². The molecule has 0 aliphatic carbocycles. The number of nitrogens with one attached hydrogen (secondary N) is 2. The smallest absolute Gasteiger partial charge is 0.260 e. The SMILES string of the molecule is C/C(=N/NC(=O)CN(c1cccc(F)c1)S(C)(=O)=O)c1ccc(NC(=O)c2ccccc2)cc1. The van der Waals surface area contributed by atoms with Crippen LogP contribution in [-0.4, -0.2) is 38.7 Å². The van der Waals surface area contributed by atoms with E-state index in [0.717, 1.165) is 16.6 Å². The summed E-state index contributed by atoms with van der Waals surface area (Å²) in [6.07, 6.45) is 0.928. The van der Waals surface area contributed by atoms with Crippen molar-refractivity contribution in [2.24, 2.45) is 5.10 Å². The molecule has 0 aromatic heterocycles. The van der Waals surface area contributed by atoms with E-state index in [9.17, 15) is 22.4 Å². The summed E-state index contributed by atoms with van der Waals surface area (Å²) >= 11 is 0. The normalized spacial score (nSPS) is 11.6. The van der Waals surface area contributed by atoms with Gasteiger partial charge in [0, 0.05) is 11.3 Å². The van der Waals surface area contributed by atoms with Crippen LogP contribution in [0, 0.1) is 5.82 Å². The second kappa shape index (κ2) is 10.7. The molecule has 8 nitrogen and oxygen atoms in total. The Morgan fingerprint density at radius 1 is 0.941 bits per heavy atom. The van der Waals surface area contributed by atoms with Gasteiger partial charge in [-0.15, -0.1) is 0 Å². The van der Waals surface area contributed by atoms with Gasteiger partial charge in [-0.2, -0.15) is 5.10 Å². The molecule has 0 unspecified atom stereocenters. The van der Waals surface area contributed by atoms with Gasteiger partial charge in [-0.3, -0.25) is 13.9 Å². The van der Waals surface area contributed by atoms with Crippen molar-refractivity contribution in [1.29, 1.82) is 0 Å². The molecule has 0 saturated heterocycles. The summed E-state index contributed by atoms with van der Waals surface area (Å²) in [5.41, 5.74) is 4.62. The lowest BCUT2D eigenvalue weighted by molar-refractivity contribution is -0.119. The van der Waals surface area contributed by atoms with Crippen LogP contribution >= 0.6 is 0 Å². The Morgan fingerprint density at radius 3 is 2.24 bits per heavy atom. The van der Waals surface area contributed by atoms with Gasteiger partial charge in [-0.1, -0.05) is 36.4 Å². The topological polar surface area (TPSA) is 108 Å². The van der Waals surface area contributed by atoms with Crippen molar-refractivity contribution >= 4 is 38.9 Å². The fourth-order valence-electron chi connectivity index (χ4n) is 3.00. The van der Waals surface area contributed by atoms with Gasteiger partial charge < -0.3 is 5.32 Å². The third-order valence-electron chi connectivity index (χ3n) is 4.73. The van der Waals surface area contributed by atoms with E-state index in [4.69, 9.17) is 0 Å². The van der Waals surface area contributed by atoms with Gasteiger partial charge in [0.2, 0.25) is 10.0 Å². The van der Waals surface area contributed by atoms with Crippen LogP contribution in [0.25, 0.3) is 0 Å². The maximum absolute atomic E-state index is 13.5. The molecule has 176 valence electrons. The Hall–Kier alpha value is -4.05. The van der Waals surface area contributed by atoms with Crippen molar-refractivity contribution in [2.75, 3.05) is 22.4 Å². The summed E-state index contributed by atoms with van der Waals surface area (Å²) in [7, 11) is -3.83. The van der Waals surface area contributed by atoms with E-state index >= 15 is 0 Å². The molecule has 10 heteroatoms. The molecule has 3 aromatic carbocycles. The van der Waals surface area contributed by atoms with Crippen LogP contribution in [0.2, 0.25) is 0 Å². The molecule has 3 rings (SSSR count). The highest BCUT2D eigenvalue weighted by Crippen LogP contribution is 2.18. The molecule has 0 bridgehead atoms. The molecule has 2 N–H and O–H groups in total. The number of sulfonamides is 1. The van der Waals surface area contributed by atoms with Crippen LogP contribution in [0.4, 0.5) is 15.8 Å². The summed E-state index contributed by atoms with van der Waals surface area (Å²) in [6, 6.07) is 20.6. The molecule has 2 amide bonds. The number of anilines is 2. The monoisotopic (exact) mass is 482 g/mol. The Bertz CT molecular complexity index is 1310. The maximum Gasteiger partial charge on any atom is 0.260 e. The summed E-state index contributed by atoms with van der Waals surface area (Å²) < 4.78 is 38.5. The molecule has 0 heterocycles. The summed E-state index contributed by atoms with van der Waals surface area (Å²) in [6.45, 7) is 1.10. The average molecular weight is 483 g/mol. The molecule has 34 heavy (non-hydrogen) atoms. The number of benzene rings is 3. The molecule has 0 radical (unpaired) electrons. The molecular formula is C24H23FN4O4S. The number of halogens is 1. The van der Waals surface area contributed by atoms with Gasteiger partial charge in [0.1, 0.15) is 12.4 Å². The van der Waals surface area contributed by atoms with Crippen molar-refractivity contribution in [3.63, 3.8) is 0 Å². The van der Waals surface area contributed by atoms with E-state index < -0.39 is 28.3 Å². The molecular weight excluding hydrogens is 459 g/mol. The van der Waals surface area contributed by atoms with Crippen molar-refractivity contribution in [2.45, 2.75) is 6.92 Å². The molecule has 0 aliphatic rings. The van der Waals surface area contributed by atoms with E-state index in [-0.39, 0.29) is 11.6 Å². The molecule has 0 spiro atoms. The highest BCUT2D eigenvalue weighted by molar-refractivity contribution is 7.92. The zero-order valence-electron chi connectivity index (χ0n) is 18.5. The molecule has 0 aliphatic heterocycles. The quantitative estimate of drug-likeness (QED) is 0.379. The minimum atomic E-state index is -3.83. The number of rotatable bonds is 8. The summed E-state index contributed by atoms with van der Waals surface area (Å²) in [5.74, 6) is -1.55. The van der Waals surface area contributed by atoms with Crippen molar-refractivity contribution < 1.29 is 22.4 Å². The first-order valence-electron chi connectivity index (χ1n) is 10.2. The van der Waals surface area contributed by atoms with Crippen molar-refractivity contribution in [3.05, 3.63) is 95.8 Å². The number of hydrogen-bond acceptors (Lipinski definition) is 5. The molecule has 0 saturated carbocycles. The number of nitrogens with zero attached hydrogens (tertiary/aromatic N) is 2. The van der Waals surface area contributed by atoms with Gasteiger partial charge in [0.25, 0.3) is 11.8 Å². The first kappa shape index (κ1) is 24.6. The second-order valence-corrected chi connectivity index (χ2v) is 9.29. The number of amides is 2. The fourth-order valence-corrected chi connectivity index (χ4v) is 3.84. The lowest BCUT2D eigenvalue weighted by Gasteiger charge is -2.21. The first-order valence-corrected chi connectivity index (χ1v) is 12.0. The number of carbonyl (C=O) groups is 2. The average Bonchev–Trinajstić information content (AvgIpc) is 2.81. The highest BCUT2D eigenvalue weighted by atomic mass is 32.2. The van der Waals surface area contributed by atoms with Gasteiger partial charge in [0.05, 0.1) is 17.7 Å². The summed E-state index contributed by atoms with van der Waals surface area (Å²) in [4.78, 5) is 24.6. The van der Waals surface area contributed by atoms with Gasteiger partial charge >= 0.3 is 0 Å². The third kappa shape index (κ3) is 6.72.